The fraction of sp³-hybridized carbons (Fsp3) is 0.400. The van der Waals surface area contributed by atoms with E-state index in [1.165, 1.54) is 0 Å². The second-order valence-corrected chi connectivity index (χ2v) is 3.55. The number of aromatic amines is 2. The van der Waals surface area contributed by atoms with Gasteiger partial charge in [-0.2, -0.15) is 0 Å². The fourth-order valence-electron chi connectivity index (χ4n) is 1.44. The van der Waals surface area contributed by atoms with Gasteiger partial charge in [0.1, 0.15) is 0 Å². The van der Waals surface area contributed by atoms with Crippen molar-refractivity contribution in [3.05, 3.63) is 28.3 Å². The highest BCUT2D eigenvalue weighted by Crippen LogP contribution is 2.19. The van der Waals surface area contributed by atoms with E-state index in [0.29, 0.717) is 11.6 Å². The molecule has 2 rings (SSSR count). The highest BCUT2D eigenvalue weighted by Gasteiger charge is 2.05. The molecular weight excluding hydrogens is 178 g/mol. The van der Waals surface area contributed by atoms with E-state index < -0.39 is 0 Å². The molecule has 2 aromatic rings. The second kappa shape index (κ2) is 3.29. The summed E-state index contributed by atoms with van der Waals surface area (Å²) in [6, 6.07) is 1.98. The number of pyridine rings is 1. The Morgan fingerprint density at radius 2 is 2.36 bits per heavy atom. The molecule has 2 aromatic heterocycles. The molecule has 4 heteroatoms. The number of rotatable bonds is 2. The van der Waals surface area contributed by atoms with Gasteiger partial charge < -0.3 is 4.98 Å². The Kier molecular flexibility index (Phi) is 2.11. The van der Waals surface area contributed by atoms with E-state index in [1.54, 1.807) is 0 Å². The summed E-state index contributed by atoms with van der Waals surface area (Å²) in [4.78, 5) is 20.5. The van der Waals surface area contributed by atoms with E-state index >= 15 is 0 Å². The van der Waals surface area contributed by atoms with Crippen molar-refractivity contribution >= 4 is 11.2 Å². The van der Waals surface area contributed by atoms with Crippen molar-refractivity contribution < 1.29 is 2.85 Å². The Labute approximate surface area is 84.4 Å². The zero-order valence-corrected chi connectivity index (χ0v) is 8.29. The van der Waals surface area contributed by atoms with Crippen LogP contribution < -0.4 is 5.69 Å². The van der Waals surface area contributed by atoms with Crippen molar-refractivity contribution in [2.75, 3.05) is 0 Å². The molecule has 4 nitrogen and oxygen atoms in total. The number of aromatic nitrogens is 3. The highest BCUT2D eigenvalue weighted by atomic mass is 16.1. The van der Waals surface area contributed by atoms with Gasteiger partial charge in [-0.15, -0.1) is 0 Å². The minimum atomic E-state index is -0.200. The SMILES string of the molecule is CCC(C)c1cnc2[nH]c(=O)[nH]c2c1.[HH].[HH]. The summed E-state index contributed by atoms with van der Waals surface area (Å²) in [5.41, 5.74) is 2.37. The Balaban J connectivity index is 0.00000112. The Morgan fingerprint density at radius 3 is 3.07 bits per heavy atom. The topological polar surface area (TPSA) is 61.5 Å². The molecule has 78 valence electrons. The minimum absolute atomic E-state index is 0. The van der Waals surface area contributed by atoms with Crippen LogP contribution in [-0.4, -0.2) is 15.0 Å². The van der Waals surface area contributed by atoms with Gasteiger partial charge in [0.05, 0.1) is 5.52 Å². The number of hydrogen-bond acceptors (Lipinski definition) is 2. The molecule has 0 bridgehead atoms. The average Bonchev–Trinajstić information content (AvgIpc) is 2.55. The summed E-state index contributed by atoms with van der Waals surface area (Å²) in [5, 5.41) is 0. The van der Waals surface area contributed by atoms with Crippen LogP contribution in [0.25, 0.3) is 11.2 Å². The predicted molar refractivity (Wildman–Crippen MR) is 59.6 cm³/mol. The van der Waals surface area contributed by atoms with E-state index in [1.807, 2.05) is 12.3 Å². The number of nitrogens with one attached hydrogen (secondary N) is 2. The Bertz CT molecular complexity index is 506. The van der Waals surface area contributed by atoms with Crippen LogP contribution in [0.1, 0.15) is 34.6 Å². The van der Waals surface area contributed by atoms with E-state index in [9.17, 15) is 4.79 Å². The van der Waals surface area contributed by atoms with Gasteiger partial charge >= 0.3 is 5.69 Å². The zero-order valence-electron chi connectivity index (χ0n) is 8.29. The molecule has 0 aliphatic heterocycles. The molecule has 14 heavy (non-hydrogen) atoms. The van der Waals surface area contributed by atoms with Crippen LogP contribution >= 0.6 is 0 Å². The first-order valence-electron chi connectivity index (χ1n) is 4.78. The van der Waals surface area contributed by atoms with Crippen molar-refractivity contribution in [3.8, 4) is 0 Å². The maximum atomic E-state index is 11.0. The number of imidazole rings is 1. The van der Waals surface area contributed by atoms with Gasteiger partial charge in [0.2, 0.25) is 0 Å². The molecule has 0 saturated heterocycles. The van der Waals surface area contributed by atoms with Crippen LogP contribution in [0.3, 0.4) is 0 Å². The van der Waals surface area contributed by atoms with E-state index in [0.717, 1.165) is 17.5 Å². The molecule has 0 amide bonds. The third-order valence-corrected chi connectivity index (χ3v) is 2.57. The van der Waals surface area contributed by atoms with Crippen LogP contribution in [0.15, 0.2) is 17.1 Å². The molecule has 2 heterocycles. The molecule has 2 N–H and O–H groups in total. The quantitative estimate of drug-likeness (QED) is 0.772. The minimum Gasteiger partial charge on any atom is -0.304 e. The van der Waals surface area contributed by atoms with Crippen LogP contribution in [0.4, 0.5) is 0 Å². The van der Waals surface area contributed by atoms with Gasteiger partial charge in [-0.3, -0.25) is 4.98 Å². The first-order valence-corrected chi connectivity index (χ1v) is 4.78. The Hall–Kier alpha value is -1.58. The number of hydrogen-bond donors (Lipinski definition) is 2. The van der Waals surface area contributed by atoms with Crippen molar-refractivity contribution in [1.29, 1.82) is 0 Å². The van der Waals surface area contributed by atoms with Crippen LogP contribution in [0, 0.1) is 0 Å². The maximum Gasteiger partial charge on any atom is 0.325 e. The molecule has 0 aliphatic rings. The van der Waals surface area contributed by atoms with Gasteiger partial charge in [0, 0.05) is 9.05 Å². The molecule has 0 saturated carbocycles. The number of fused-ring (bicyclic) bond motifs is 1. The van der Waals surface area contributed by atoms with Crippen LogP contribution in [0.2, 0.25) is 0 Å². The molecule has 0 aromatic carbocycles. The first-order chi connectivity index (χ1) is 6.70. The summed E-state index contributed by atoms with van der Waals surface area (Å²) < 4.78 is 0. The van der Waals surface area contributed by atoms with Crippen molar-refractivity contribution in [1.82, 2.24) is 15.0 Å². The van der Waals surface area contributed by atoms with Gasteiger partial charge in [-0.05, 0) is 24.0 Å². The molecule has 1 atom stereocenters. The maximum absolute atomic E-state index is 11.0. The molecular formula is C10H17N3O. The molecule has 0 spiro atoms. The van der Waals surface area contributed by atoms with Crippen molar-refractivity contribution in [3.63, 3.8) is 0 Å². The van der Waals surface area contributed by atoms with Crippen molar-refractivity contribution in [2.24, 2.45) is 0 Å². The lowest BCUT2D eigenvalue weighted by molar-refractivity contribution is 0.731. The third kappa shape index (κ3) is 1.43. The zero-order chi connectivity index (χ0) is 10.1. The highest BCUT2D eigenvalue weighted by molar-refractivity contribution is 5.70. The third-order valence-electron chi connectivity index (χ3n) is 2.57. The lowest BCUT2D eigenvalue weighted by atomic mass is 10.0. The lowest BCUT2D eigenvalue weighted by Crippen LogP contribution is -1.99. The molecule has 0 fully saturated rings. The van der Waals surface area contributed by atoms with Crippen molar-refractivity contribution in [2.45, 2.75) is 26.2 Å². The number of nitrogens with zero attached hydrogens (tertiary/aromatic N) is 1. The summed E-state index contributed by atoms with van der Waals surface area (Å²) in [6.45, 7) is 4.28. The molecule has 0 radical (unpaired) electrons. The summed E-state index contributed by atoms with van der Waals surface area (Å²) in [7, 11) is 0. The summed E-state index contributed by atoms with van der Waals surface area (Å²) >= 11 is 0. The van der Waals surface area contributed by atoms with Crippen LogP contribution in [-0.2, 0) is 0 Å². The fourth-order valence-corrected chi connectivity index (χ4v) is 1.44. The monoisotopic (exact) mass is 195 g/mol. The average molecular weight is 195 g/mol. The smallest absolute Gasteiger partial charge is 0.304 e. The summed E-state index contributed by atoms with van der Waals surface area (Å²) in [5.74, 6) is 0.477. The van der Waals surface area contributed by atoms with Gasteiger partial charge in [0.25, 0.3) is 0 Å². The van der Waals surface area contributed by atoms with E-state index in [2.05, 4.69) is 28.8 Å². The van der Waals surface area contributed by atoms with E-state index in [-0.39, 0.29) is 8.54 Å². The second-order valence-electron chi connectivity index (χ2n) is 3.55. The Morgan fingerprint density at radius 1 is 1.57 bits per heavy atom. The molecule has 0 aliphatic carbocycles. The standard InChI is InChI=1S/C10H13N3O.2H2/c1-3-6(2)7-4-8-9(11-5-7)13-10(14)12-8;;/h4-6H,3H2,1-2H3,(H2,11,12,13,14);2*1H. The predicted octanol–water partition coefficient (Wildman–Crippen LogP) is 2.26. The molecule has 1 unspecified atom stereocenters. The number of H-pyrrole nitrogens is 2. The normalized spacial score (nSPS) is 13.3. The van der Waals surface area contributed by atoms with Gasteiger partial charge in [-0.25, -0.2) is 9.78 Å². The van der Waals surface area contributed by atoms with E-state index in [4.69, 9.17) is 0 Å². The van der Waals surface area contributed by atoms with Gasteiger partial charge in [0.15, 0.2) is 5.65 Å². The van der Waals surface area contributed by atoms with Crippen LogP contribution in [0.5, 0.6) is 0 Å². The van der Waals surface area contributed by atoms with Gasteiger partial charge in [-0.1, -0.05) is 13.8 Å². The largest absolute Gasteiger partial charge is 0.325 e. The first kappa shape index (κ1) is 8.99. The lowest BCUT2D eigenvalue weighted by Gasteiger charge is -2.07. The summed E-state index contributed by atoms with van der Waals surface area (Å²) in [6.07, 6.45) is 2.89.